The molecule has 0 radical (unpaired) electrons. The Labute approximate surface area is 431 Å². The zero-order valence-electron chi connectivity index (χ0n) is 40.7. The van der Waals surface area contributed by atoms with Crippen molar-refractivity contribution in [3.05, 3.63) is 289 Å². The number of anilines is 6. The Morgan fingerprint density at radius 1 is 0.216 bits per heavy atom. The van der Waals surface area contributed by atoms with Gasteiger partial charge in [0.25, 0.3) is 0 Å². The van der Waals surface area contributed by atoms with Gasteiger partial charge in [-0.3, -0.25) is 0 Å². The lowest BCUT2D eigenvalue weighted by molar-refractivity contribution is 1.09. The molecule has 0 fully saturated rings. The van der Waals surface area contributed by atoms with Crippen molar-refractivity contribution < 1.29 is 0 Å². The Balaban J connectivity index is 1.10. The van der Waals surface area contributed by atoms with Crippen LogP contribution >= 0.6 is 0 Å². The van der Waals surface area contributed by atoms with Crippen LogP contribution in [0.3, 0.4) is 0 Å². The maximum Gasteiger partial charge on any atom is 0.0497 e. The molecule has 74 heavy (non-hydrogen) atoms. The molecular weight excluding hydrogens is 893 g/mol. The molecule has 2 aliphatic rings. The van der Waals surface area contributed by atoms with Crippen LogP contribution in [-0.4, -0.2) is 0 Å². The lowest BCUT2D eigenvalue weighted by atomic mass is 9.81. The molecule has 0 bridgehead atoms. The predicted octanol–water partition coefficient (Wildman–Crippen LogP) is 19.7. The summed E-state index contributed by atoms with van der Waals surface area (Å²) in [4.78, 5) is 4.99. The minimum absolute atomic E-state index is 0.897. The fraction of sp³-hybridized carbons (Fsp3) is 0.0278. The summed E-state index contributed by atoms with van der Waals surface area (Å²) < 4.78 is 0. The zero-order chi connectivity index (χ0) is 48.7. The van der Waals surface area contributed by atoms with Crippen molar-refractivity contribution >= 4 is 77.2 Å². The topological polar surface area (TPSA) is 6.48 Å². The molecule has 0 aliphatic carbocycles. The molecule has 0 saturated heterocycles. The number of nitrogens with zero attached hydrogens (tertiary/aromatic N) is 2. The standard InChI is InChI=1S/C72H48N2/c1-7-27-55-47(19-1)25-17-33-57(55)59-29-9-11-31-61(59)71-63-41-39-54(74-69-37-15-5-23-51(69)44-52-24-6-16-38-70(52)74)46-66(63)72(62-32-12-10-30-60(62)58-34-18-26-48-20-2-8-28-56(48)58)64-42-40-53(45-65(64)71)73-67-35-13-3-21-49(67)43-50-22-4-14-36-68(50)73/h1-42,45-46H,43-44H2. The van der Waals surface area contributed by atoms with Gasteiger partial charge in [0.2, 0.25) is 0 Å². The number of fused-ring (bicyclic) bond motifs is 8. The highest BCUT2D eigenvalue weighted by Crippen LogP contribution is 2.53. The van der Waals surface area contributed by atoms with Crippen LogP contribution in [0.15, 0.2) is 267 Å². The lowest BCUT2D eigenvalue weighted by Crippen LogP contribution is -2.18. The van der Waals surface area contributed by atoms with Crippen LogP contribution in [0.25, 0.3) is 87.6 Å². The normalized spacial score (nSPS) is 12.7. The number of hydrogen-bond donors (Lipinski definition) is 0. The summed E-state index contributed by atoms with van der Waals surface area (Å²) in [5.41, 5.74) is 22.1. The van der Waals surface area contributed by atoms with Crippen LogP contribution in [0.1, 0.15) is 22.3 Å². The number of benzene rings is 13. The first-order valence-corrected chi connectivity index (χ1v) is 25.8. The SMILES string of the molecule is c1ccc2c(c1)Cc1ccccc1N2c1ccc2c(-c3ccccc3-c3cccc4ccccc34)c3cc(N4c5ccccc5Cc5ccccc54)ccc3c(-c3ccccc3-c3cccc4ccccc34)c2c1. The quantitative estimate of drug-likeness (QED) is 0.153. The Morgan fingerprint density at radius 2 is 0.527 bits per heavy atom. The monoisotopic (exact) mass is 940 g/mol. The average Bonchev–Trinajstić information content (AvgIpc) is 3.48. The van der Waals surface area contributed by atoms with Gasteiger partial charge in [-0.1, -0.05) is 218 Å². The summed E-state index contributed by atoms with van der Waals surface area (Å²) in [5.74, 6) is 0. The van der Waals surface area contributed by atoms with Crippen molar-refractivity contribution in [1.29, 1.82) is 0 Å². The maximum atomic E-state index is 2.50. The van der Waals surface area contributed by atoms with Crippen LogP contribution in [0.4, 0.5) is 34.1 Å². The molecule has 2 nitrogen and oxygen atoms in total. The van der Waals surface area contributed by atoms with Crippen LogP contribution in [0.2, 0.25) is 0 Å². The molecule has 2 heterocycles. The second-order valence-corrected chi connectivity index (χ2v) is 19.9. The van der Waals surface area contributed by atoms with E-state index in [1.807, 2.05) is 0 Å². The summed E-state index contributed by atoms with van der Waals surface area (Å²) in [6, 6.07) is 99.7. The first kappa shape index (κ1) is 42.2. The van der Waals surface area contributed by atoms with Gasteiger partial charge in [-0.05, 0) is 158 Å². The van der Waals surface area contributed by atoms with Gasteiger partial charge in [0.05, 0.1) is 0 Å². The van der Waals surface area contributed by atoms with Crippen molar-refractivity contribution in [2.75, 3.05) is 9.80 Å². The molecule has 0 aromatic heterocycles. The molecule has 0 atom stereocenters. The van der Waals surface area contributed by atoms with E-state index >= 15 is 0 Å². The summed E-state index contributed by atoms with van der Waals surface area (Å²) >= 11 is 0. The number of hydrogen-bond acceptors (Lipinski definition) is 2. The Bertz CT molecular complexity index is 4020. The lowest BCUT2D eigenvalue weighted by Gasteiger charge is -2.34. The van der Waals surface area contributed by atoms with Gasteiger partial charge in [-0.15, -0.1) is 0 Å². The summed E-state index contributed by atoms with van der Waals surface area (Å²) in [6.45, 7) is 0. The third-order valence-electron chi connectivity index (χ3n) is 15.8. The van der Waals surface area contributed by atoms with Gasteiger partial charge in [-0.2, -0.15) is 0 Å². The van der Waals surface area contributed by atoms with Gasteiger partial charge in [0.1, 0.15) is 0 Å². The van der Waals surface area contributed by atoms with E-state index < -0.39 is 0 Å². The highest BCUT2D eigenvalue weighted by Gasteiger charge is 2.29. The number of rotatable bonds is 6. The minimum Gasteiger partial charge on any atom is -0.310 e. The smallest absolute Gasteiger partial charge is 0.0497 e. The molecule has 0 amide bonds. The largest absolute Gasteiger partial charge is 0.310 e. The maximum absolute atomic E-state index is 2.50. The fourth-order valence-electron chi connectivity index (χ4n) is 12.6. The van der Waals surface area contributed by atoms with Gasteiger partial charge in [0, 0.05) is 47.0 Å². The molecule has 13 aromatic carbocycles. The van der Waals surface area contributed by atoms with E-state index in [-0.39, 0.29) is 0 Å². The van der Waals surface area contributed by atoms with Gasteiger partial charge in [-0.25, -0.2) is 0 Å². The Hall–Kier alpha value is -9.50. The van der Waals surface area contributed by atoms with E-state index in [1.54, 1.807) is 0 Å². The molecular formula is C72H48N2. The average molecular weight is 941 g/mol. The predicted molar refractivity (Wildman–Crippen MR) is 313 cm³/mol. The van der Waals surface area contributed by atoms with Crippen molar-refractivity contribution in [2.24, 2.45) is 0 Å². The van der Waals surface area contributed by atoms with Crippen LogP contribution < -0.4 is 9.80 Å². The molecule has 346 valence electrons. The zero-order valence-corrected chi connectivity index (χ0v) is 40.7. The van der Waals surface area contributed by atoms with Gasteiger partial charge in [0.15, 0.2) is 0 Å². The first-order valence-electron chi connectivity index (χ1n) is 25.8. The highest BCUT2D eigenvalue weighted by atomic mass is 15.2. The van der Waals surface area contributed by atoms with E-state index in [9.17, 15) is 0 Å². The highest BCUT2D eigenvalue weighted by molar-refractivity contribution is 6.25. The van der Waals surface area contributed by atoms with Crippen molar-refractivity contribution in [3.63, 3.8) is 0 Å². The number of para-hydroxylation sites is 4. The summed E-state index contributed by atoms with van der Waals surface area (Å²) in [5, 5.41) is 9.74. The Kier molecular flexibility index (Phi) is 9.74. The van der Waals surface area contributed by atoms with Crippen LogP contribution in [0, 0.1) is 0 Å². The molecule has 0 N–H and O–H groups in total. The van der Waals surface area contributed by atoms with Crippen molar-refractivity contribution in [2.45, 2.75) is 12.8 Å². The van der Waals surface area contributed by atoms with E-state index in [0.29, 0.717) is 0 Å². The Morgan fingerprint density at radius 3 is 0.932 bits per heavy atom. The molecule has 2 aliphatic heterocycles. The molecule has 2 heteroatoms. The van der Waals surface area contributed by atoms with E-state index in [0.717, 1.165) is 24.2 Å². The summed E-state index contributed by atoms with van der Waals surface area (Å²) in [6.07, 6.45) is 1.79. The van der Waals surface area contributed by atoms with E-state index in [4.69, 9.17) is 0 Å². The fourth-order valence-corrected chi connectivity index (χ4v) is 12.6. The molecule has 13 aromatic rings. The van der Waals surface area contributed by atoms with Gasteiger partial charge < -0.3 is 9.80 Å². The second-order valence-electron chi connectivity index (χ2n) is 19.9. The minimum atomic E-state index is 0.897. The molecule has 0 unspecified atom stereocenters. The molecule has 0 spiro atoms. The van der Waals surface area contributed by atoms with Crippen LogP contribution in [0.5, 0.6) is 0 Å². The van der Waals surface area contributed by atoms with E-state index in [1.165, 1.54) is 133 Å². The third kappa shape index (κ3) is 6.65. The van der Waals surface area contributed by atoms with E-state index in [2.05, 4.69) is 277 Å². The first-order chi connectivity index (χ1) is 36.7. The summed E-state index contributed by atoms with van der Waals surface area (Å²) in [7, 11) is 0. The third-order valence-corrected chi connectivity index (χ3v) is 15.8. The second kappa shape index (κ2) is 17.1. The van der Waals surface area contributed by atoms with Gasteiger partial charge >= 0.3 is 0 Å². The van der Waals surface area contributed by atoms with Crippen molar-refractivity contribution in [3.8, 4) is 44.5 Å². The molecule has 15 rings (SSSR count). The molecule has 0 saturated carbocycles. The van der Waals surface area contributed by atoms with Crippen molar-refractivity contribution in [1.82, 2.24) is 0 Å². The van der Waals surface area contributed by atoms with Crippen LogP contribution in [-0.2, 0) is 12.8 Å².